The van der Waals surface area contributed by atoms with Crippen LogP contribution in [-0.4, -0.2) is 17.1 Å². The largest absolute Gasteiger partial charge is 0.464 e. The van der Waals surface area contributed by atoms with E-state index >= 15 is 0 Å². The second-order valence-electron chi connectivity index (χ2n) is 2.89. The third-order valence-corrected chi connectivity index (χ3v) is 1.67. The third kappa shape index (κ3) is 3.52. The predicted octanol–water partition coefficient (Wildman–Crippen LogP) is 0.806. The first-order valence-electron chi connectivity index (χ1n) is 4.20. The van der Waals surface area contributed by atoms with E-state index in [-0.39, 0.29) is 12.0 Å². The summed E-state index contributed by atoms with van der Waals surface area (Å²) in [7, 11) is 0. The Morgan fingerprint density at radius 2 is 1.94 bits per heavy atom. The van der Waals surface area contributed by atoms with Crippen LogP contribution in [0.3, 0.4) is 0 Å². The fraction of sp³-hybridized carbons (Fsp3) is 0.111. The van der Waals surface area contributed by atoms with Gasteiger partial charge in [0.25, 0.3) is 0 Å². The second-order valence-corrected chi connectivity index (χ2v) is 2.89. The van der Waals surface area contributed by atoms with Gasteiger partial charge in [0.15, 0.2) is 0 Å². The van der Waals surface area contributed by atoms with E-state index in [9.17, 15) is 18.4 Å². The second kappa shape index (κ2) is 5.06. The molecule has 86 valence electrons. The number of benzene rings is 1. The monoisotopic (exact) mass is 230 g/mol. The van der Waals surface area contributed by atoms with Crippen LogP contribution in [0.25, 0.3) is 0 Å². The zero-order valence-electron chi connectivity index (χ0n) is 7.96. The lowest BCUT2D eigenvalue weighted by Gasteiger charge is -2.04. The van der Waals surface area contributed by atoms with Crippen LogP contribution in [0.15, 0.2) is 18.2 Å². The van der Waals surface area contributed by atoms with Gasteiger partial charge in [-0.25, -0.2) is 19.0 Å². The molecule has 1 aromatic carbocycles. The number of carboxylic acid groups (broad SMARTS) is 1. The number of halogens is 2. The summed E-state index contributed by atoms with van der Waals surface area (Å²) in [5, 5.41) is 8.17. The number of amides is 2. The molecule has 0 atom stereocenters. The Labute approximate surface area is 89.0 Å². The van der Waals surface area contributed by atoms with E-state index in [0.29, 0.717) is 6.07 Å². The molecule has 0 aliphatic rings. The highest BCUT2D eigenvalue weighted by molar-refractivity contribution is 5.80. The van der Waals surface area contributed by atoms with Crippen molar-refractivity contribution in [3.05, 3.63) is 35.4 Å². The van der Waals surface area contributed by atoms with Gasteiger partial charge in [0.05, 0.1) is 6.42 Å². The number of hydrazine groups is 1. The van der Waals surface area contributed by atoms with Crippen molar-refractivity contribution in [2.45, 2.75) is 6.42 Å². The van der Waals surface area contributed by atoms with E-state index in [2.05, 4.69) is 0 Å². The SMILES string of the molecule is O=C(O)NNC(=O)Cc1ccc(F)cc1F. The molecule has 0 radical (unpaired) electrons. The summed E-state index contributed by atoms with van der Waals surface area (Å²) in [4.78, 5) is 21.1. The van der Waals surface area contributed by atoms with Gasteiger partial charge in [-0.15, -0.1) is 0 Å². The lowest BCUT2D eigenvalue weighted by Crippen LogP contribution is -2.41. The summed E-state index contributed by atoms with van der Waals surface area (Å²) in [5.41, 5.74) is 3.42. The van der Waals surface area contributed by atoms with Gasteiger partial charge < -0.3 is 5.11 Å². The van der Waals surface area contributed by atoms with Gasteiger partial charge in [0.1, 0.15) is 11.6 Å². The average molecular weight is 230 g/mol. The molecule has 16 heavy (non-hydrogen) atoms. The Bertz CT molecular complexity index is 423. The molecule has 1 aromatic rings. The summed E-state index contributed by atoms with van der Waals surface area (Å²) in [6.07, 6.45) is -1.82. The van der Waals surface area contributed by atoms with Crippen LogP contribution in [0.4, 0.5) is 13.6 Å². The smallest absolute Gasteiger partial charge is 0.423 e. The number of nitrogens with one attached hydrogen (secondary N) is 2. The van der Waals surface area contributed by atoms with Gasteiger partial charge in [-0.2, -0.15) is 0 Å². The first-order chi connectivity index (χ1) is 7.49. The molecule has 0 aliphatic carbocycles. The van der Waals surface area contributed by atoms with Crippen LogP contribution in [0.2, 0.25) is 0 Å². The number of rotatable bonds is 2. The van der Waals surface area contributed by atoms with Gasteiger partial charge in [0, 0.05) is 6.07 Å². The Morgan fingerprint density at radius 3 is 2.50 bits per heavy atom. The van der Waals surface area contributed by atoms with Crippen LogP contribution in [0, 0.1) is 11.6 Å². The summed E-state index contributed by atoms with van der Waals surface area (Å²) in [6, 6.07) is 2.77. The molecule has 3 N–H and O–H groups in total. The molecular weight excluding hydrogens is 222 g/mol. The highest BCUT2D eigenvalue weighted by Crippen LogP contribution is 2.09. The van der Waals surface area contributed by atoms with Crippen molar-refractivity contribution in [1.82, 2.24) is 10.9 Å². The Morgan fingerprint density at radius 1 is 1.25 bits per heavy atom. The fourth-order valence-electron chi connectivity index (χ4n) is 1.01. The van der Waals surface area contributed by atoms with Crippen molar-refractivity contribution in [2.75, 3.05) is 0 Å². The van der Waals surface area contributed by atoms with E-state index in [1.807, 2.05) is 5.43 Å². The van der Waals surface area contributed by atoms with Crippen molar-refractivity contribution in [1.29, 1.82) is 0 Å². The topological polar surface area (TPSA) is 78.4 Å². The first kappa shape index (κ1) is 11.9. The van der Waals surface area contributed by atoms with Crippen molar-refractivity contribution in [3.8, 4) is 0 Å². The van der Waals surface area contributed by atoms with Crippen molar-refractivity contribution >= 4 is 12.0 Å². The molecule has 1 rings (SSSR count). The van der Waals surface area contributed by atoms with Crippen LogP contribution in [-0.2, 0) is 11.2 Å². The summed E-state index contributed by atoms with van der Waals surface area (Å²) < 4.78 is 25.6. The average Bonchev–Trinajstić information content (AvgIpc) is 2.19. The molecule has 0 aliphatic heterocycles. The minimum Gasteiger partial charge on any atom is -0.464 e. The molecule has 7 heteroatoms. The number of hydrogen-bond donors (Lipinski definition) is 3. The zero-order valence-corrected chi connectivity index (χ0v) is 7.96. The highest BCUT2D eigenvalue weighted by Gasteiger charge is 2.09. The van der Waals surface area contributed by atoms with Gasteiger partial charge in [-0.1, -0.05) is 6.07 Å². The van der Waals surface area contributed by atoms with Gasteiger partial charge in [-0.3, -0.25) is 10.2 Å². The van der Waals surface area contributed by atoms with Crippen LogP contribution in [0.1, 0.15) is 5.56 Å². The quantitative estimate of drug-likeness (QED) is 0.658. The molecule has 0 fully saturated rings. The lowest BCUT2D eigenvalue weighted by atomic mass is 10.1. The summed E-state index contributed by atoms with van der Waals surface area (Å²) in [5.74, 6) is -2.34. The summed E-state index contributed by atoms with van der Waals surface area (Å²) >= 11 is 0. The van der Waals surface area contributed by atoms with Crippen LogP contribution < -0.4 is 10.9 Å². The van der Waals surface area contributed by atoms with Crippen LogP contribution in [0.5, 0.6) is 0 Å². The molecule has 0 heterocycles. The molecule has 2 amide bonds. The molecule has 0 spiro atoms. The Hall–Kier alpha value is -2.18. The van der Waals surface area contributed by atoms with Gasteiger partial charge in [0.2, 0.25) is 5.91 Å². The van der Waals surface area contributed by atoms with Crippen molar-refractivity contribution in [2.24, 2.45) is 0 Å². The molecule has 0 unspecified atom stereocenters. The number of hydrogen-bond acceptors (Lipinski definition) is 2. The van der Waals surface area contributed by atoms with E-state index in [1.165, 1.54) is 0 Å². The fourth-order valence-corrected chi connectivity index (χ4v) is 1.01. The van der Waals surface area contributed by atoms with E-state index < -0.39 is 23.6 Å². The zero-order chi connectivity index (χ0) is 12.1. The van der Waals surface area contributed by atoms with Crippen molar-refractivity contribution < 1.29 is 23.5 Å². The maximum absolute atomic E-state index is 13.1. The standard InChI is InChI=1S/C9H8F2N2O3/c10-6-2-1-5(7(11)4-6)3-8(14)12-13-9(15)16/h1-2,4,13H,3H2,(H,12,14)(H,15,16). The van der Waals surface area contributed by atoms with E-state index in [4.69, 9.17) is 5.11 Å². The van der Waals surface area contributed by atoms with Crippen LogP contribution >= 0.6 is 0 Å². The maximum Gasteiger partial charge on any atom is 0.423 e. The predicted molar refractivity (Wildman–Crippen MR) is 49.4 cm³/mol. The molecule has 5 nitrogen and oxygen atoms in total. The molecular formula is C9H8F2N2O3. The van der Waals surface area contributed by atoms with E-state index in [1.54, 1.807) is 5.43 Å². The normalized spacial score (nSPS) is 9.62. The number of carbonyl (C=O) groups excluding carboxylic acids is 1. The Kier molecular flexibility index (Phi) is 3.76. The maximum atomic E-state index is 13.1. The minimum absolute atomic E-state index is 0.0221. The third-order valence-electron chi connectivity index (χ3n) is 1.67. The van der Waals surface area contributed by atoms with Gasteiger partial charge in [-0.05, 0) is 11.6 Å². The Balaban J connectivity index is 2.59. The van der Waals surface area contributed by atoms with E-state index in [0.717, 1.165) is 12.1 Å². The highest BCUT2D eigenvalue weighted by atomic mass is 19.1. The summed E-state index contributed by atoms with van der Waals surface area (Å²) in [6.45, 7) is 0. The molecule has 0 bridgehead atoms. The lowest BCUT2D eigenvalue weighted by molar-refractivity contribution is -0.121. The first-order valence-corrected chi connectivity index (χ1v) is 4.20. The minimum atomic E-state index is -1.44. The number of carbonyl (C=O) groups is 2. The molecule has 0 saturated carbocycles. The van der Waals surface area contributed by atoms with Gasteiger partial charge >= 0.3 is 6.09 Å². The van der Waals surface area contributed by atoms with Crippen molar-refractivity contribution in [3.63, 3.8) is 0 Å². The molecule has 0 saturated heterocycles. The molecule has 0 aromatic heterocycles.